The Morgan fingerprint density at radius 3 is 2.29 bits per heavy atom. The number of nitrogens with zero attached hydrogens (tertiary/aromatic N) is 3. The van der Waals surface area contributed by atoms with Crippen LogP contribution in [0.15, 0.2) is 12.1 Å². The minimum Gasteiger partial charge on any atom is -0.377 e. The molecule has 2 aliphatic heterocycles. The molecule has 0 radical (unpaired) electrons. The van der Waals surface area contributed by atoms with Gasteiger partial charge in [-0.1, -0.05) is 11.6 Å². The van der Waals surface area contributed by atoms with Crippen LogP contribution in [0.4, 0.5) is 24.5 Å². The van der Waals surface area contributed by atoms with Gasteiger partial charge < -0.3 is 15.1 Å². The molecule has 28 heavy (non-hydrogen) atoms. The summed E-state index contributed by atoms with van der Waals surface area (Å²) >= 11 is 5.75. The number of halogens is 4. The van der Waals surface area contributed by atoms with Crippen molar-refractivity contribution < 1.29 is 18.1 Å². The van der Waals surface area contributed by atoms with E-state index in [2.05, 4.69) is 22.2 Å². The molecule has 10 heteroatoms. The molecule has 0 bridgehead atoms. The summed E-state index contributed by atoms with van der Waals surface area (Å²) in [5.74, 6) is 0. The van der Waals surface area contributed by atoms with Crippen LogP contribution in [-0.4, -0.2) is 60.0 Å². The summed E-state index contributed by atoms with van der Waals surface area (Å²) in [5.41, 5.74) is -1.75. The zero-order valence-electron chi connectivity index (χ0n) is 15.6. The van der Waals surface area contributed by atoms with Gasteiger partial charge in [-0.05, 0) is 51.9 Å². The molecule has 156 valence electrons. The lowest BCUT2D eigenvalue weighted by Crippen LogP contribution is -2.48. The molecule has 1 aromatic carbocycles. The highest BCUT2D eigenvalue weighted by atomic mass is 35.5. The number of nitro groups is 1. The molecular formula is C18H24ClF3N4O2. The first-order valence-corrected chi connectivity index (χ1v) is 9.77. The highest BCUT2D eigenvalue weighted by molar-refractivity contribution is 6.31. The molecule has 2 heterocycles. The van der Waals surface area contributed by atoms with E-state index in [1.54, 1.807) is 0 Å². The van der Waals surface area contributed by atoms with Crippen molar-refractivity contribution in [1.82, 2.24) is 9.80 Å². The Morgan fingerprint density at radius 1 is 1.14 bits per heavy atom. The summed E-state index contributed by atoms with van der Waals surface area (Å²) in [4.78, 5) is 15.3. The van der Waals surface area contributed by atoms with Crippen LogP contribution in [0.25, 0.3) is 0 Å². The second-order valence-electron chi connectivity index (χ2n) is 7.59. The van der Waals surface area contributed by atoms with Crippen molar-refractivity contribution in [3.8, 4) is 0 Å². The first-order valence-electron chi connectivity index (χ1n) is 9.39. The lowest BCUT2D eigenvalue weighted by Gasteiger charge is -2.41. The Morgan fingerprint density at radius 2 is 1.75 bits per heavy atom. The summed E-state index contributed by atoms with van der Waals surface area (Å²) in [7, 11) is 2.12. The summed E-state index contributed by atoms with van der Waals surface area (Å²) in [6.07, 6.45) is -0.910. The van der Waals surface area contributed by atoms with E-state index in [4.69, 9.17) is 11.6 Å². The highest BCUT2D eigenvalue weighted by Gasteiger charge is 2.36. The Hall–Kier alpha value is -1.58. The number of alkyl halides is 3. The van der Waals surface area contributed by atoms with Crippen molar-refractivity contribution in [2.45, 2.75) is 43.9 Å². The first kappa shape index (κ1) is 21.1. The van der Waals surface area contributed by atoms with E-state index >= 15 is 0 Å². The van der Waals surface area contributed by atoms with Crippen molar-refractivity contribution in [3.05, 3.63) is 32.8 Å². The molecule has 1 N–H and O–H groups in total. The van der Waals surface area contributed by atoms with Gasteiger partial charge in [-0.25, -0.2) is 0 Å². The molecule has 6 nitrogen and oxygen atoms in total. The number of hydrogen-bond acceptors (Lipinski definition) is 5. The number of nitrogens with one attached hydrogen (secondary N) is 1. The van der Waals surface area contributed by atoms with Gasteiger partial charge in [0.25, 0.3) is 5.69 Å². The number of likely N-dealkylation sites (tertiary alicyclic amines) is 2. The third-order valence-electron chi connectivity index (χ3n) is 5.68. The molecule has 0 atom stereocenters. The first-order chi connectivity index (χ1) is 13.1. The van der Waals surface area contributed by atoms with E-state index in [9.17, 15) is 23.3 Å². The van der Waals surface area contributed by atoms with Gasteiger partial charge in [0.05, 0.1) is 15.5 Å². The molecule has 0 aromatic heterocycles. The smallest absolute Gasteiger partial charge is 0.377 e. The number of piperidine rings is 2. The van der Waals surface area contributed by atoms with Crippen molar-refractivity contribution >= 4 is 23.0 Å². The van der Waals surface area contributed by atoms with E-state index in [1.165, 1.54) is 0 Å². The summed E-state index contributed by atoms with van der Waals surface area (Å²) in [6.45, 7) is 3.90. The second-order valence-corrected chi connectivity index (χ2v) is 8.00. The van der Waals surface area contributed by atoms with Gasteiger partial charge in [0.15, 0.2) is 0 Å². The summed E-state index contributed by atoms with van der Waals surface area (Å²) < 4.78 is 39.0. The monoisotopic (exact) mass is 420 g/mol. The zero-order valence-corrected chi connectivity index (χ0v) is 16.4. The van der Waals surface area contributed by atoms with Crippen molar-refractivity contribution in [2.24, 2.45) is 0 Å². The largest absolute Gasteiger partial charge is 0.418 e. The predicted octanol–water partition coefficient (Wildman–Crippen LogP) is 4.24. The van der Waals surface area contributed by atoms with E-state index in [0.29, 0.717) is 12.1 Å². The Kier molecular flexibility index (Phi) is 6.36. The number of anilines is 1. The van der Waals surface area contributed by atoms with Gasteiger partial charge in [0.1, 0.15) is 5.69 Å². The van der Waals surface area contributed by atoms with Crippen LogP contribution >= 0.6 is 11.6 Å². The molecule has 0 amide bonds. The van der Waals surface area contributed by atoms with Crippen LogP contribution in [0.1, 0.15) is 31.2 Å². The Labute approximate surface area is 166 Å². The Bertz CT molecular complexity index is 716. The molecule has 2 aliphatic rings. The molecule has 2 fully saturated rings. The maximum atomic E-state index is 13.0. The third kappa shape index (κ3) is 4.87. The average molecular weight is 421 g/mol. The number of benzene rings is 1. The van der Waals surface area contributed by atoms with Crippen LogP contribution < -0.4 is 5.32 Å². The number of nitro benzene ring substituents is 1. The van der Waals surface area contributed by atoms with E-state index < -0.39 is 27.4 Å². The molecule has 0 spiro atoms. The maximum absolute atomic E-state index is 13.0. The van der Waals surface area contributed by atoms with Crippen LogP contribution in [-0.2, 0) is 6.18 Å². The SMILES string of the molecule is CN1CCC(N2CCC(Nc3cc(Cl)c(C(F)(F)F)cc3[N+](=O)[O-])CC2)CC1. The third-order valence-corrected chi connectivity index (χ3v) is 5.99. The molecule has 0 saturated carbocycles. The van der Waals surface area contributed by atoms with Crippen LogP contribution in [0, 0.1) is 10.1 Å². The van der Waals surface area contributed by atoms with E-state index in [1.807, 2.05) is 0 Å². The highest BCUT2D eigenvalue weighted by Crippen LogP contribution is 2.40. The standard InChI is InChI=1S/C18H24ClF3N4O2/c1-24-6-4-13(5-7-24)25-8-2-12(3-9-25)23-16-11-15(19)14(18(20,21)22)10-17(16)26(27)28/h10-13,23H,2-9H2,1H3. The predicted molar refractivity (Wildman–Crippen MR) is 102 cm³/mol. The fraction of sp³-hybridized carbons (Fsp3) is 0.667. The van der Waals surface area contributed by atoms with Crippen LogP contribution in [0.2, 0.25) is 5.02 Å². The normalized spacial score (nSPS) is 21.0. The second kappa shape index (κ2) is 8.42. The van der Waals surface area contributed by atoms with Crippen molar-refractivity contribution in [1.29, 1.82) is 0 Å². The topological polar surface area (TPSA) is 61.6 Å². The zero-order chi connectivity index (χ0) is 20.5. The minimum atomic E-state index is -4.74. The van der Waals surface area contributed by atoms with Gasteiger partial charge in [0, 0.05) is 31.2 Å². The lowest BCUT2D eigenvalue weighted by molar-refractivity contribution is -0.384. The fourth-order valence-corrected chi connectivity index (χ4v) is 4.31. The van der Waals surface area contributed by atoms with Crippen LogP contribution in [0.3, 0.4) is 0 Å². The molecule has 0 unspecified atom stereocenters. The van der Waals surface area contributed by atoms with E-state index in [0.717, 1.165) is 57.9 Å². The fourth-order valence-electron chi connectivity index (χ4n) is 4.03. The average Bonchev–Trinajstić information content (AvgIpc) is 2.62. The summed E-state index contributed by atoms with van der Waals surface area (Å²) in [5, 5.41) is 13.8. The van der Waals surface area contributed by atoms with Gasteiger partial charge in [-0.15, -0.1) is 0 Å². The van der Waals surface area contributed by atoms with Gasteiger partial charge >= 0.3 is 6.18 Å². The lowest BCUT2D eigenvalue weighted by atomic mass is 9.97. The quantitative estimate of drug-likeness (QED) is 0.583. The molecule has 1 aromatic rings. The molecule has 0 aliphatic carbocycles. The van der Waals surface area contributed by atoms with Gasteiger partial charge in [0.2, 0.25) is 0 Å². The number of rotatable bonds is 4. The molecule has 3 rings (SSSR count). The maximum Gasteiger partial charge on any atom is 0.418 e. The van der Waals surface area contributed by atoms with Gasteiger partial charge in [-0.2, -0.15) is 13.2 Å². The van der Waals surface area contributed by atoms with E-state index in [-0.39, 0.29) is 11.7 Å². The molecular weight excluding hydrogens is 397 g/mol. The van der Waals surface area contributed by atoms with Crippen LogP contribution in [0.5, 0.6) is 0 Å². The number of hydrogen-bond donors (Lipinski definition) is 1. The van der Waals surface area contributed by atoms with Crippen molar-refractivity contribution in [3.63, 3.8) is 0 Å². The Balaban J connectivity index is 1.66. The molecule has 2 saturated heterocycles. The summed E-state index contributed by atoms with van der Waals surface area (Å²) in [6, 6.07) is 2.06. The van der Waals surface area contributed by atoms with Crippen molar-refractivity contribution in [2.75, 3.05) is 38.5 Å². The minimum absolute atomic E-state index is 0.0333. The van der Waals surface area contributed by atoms with Gasteiger partial charge in [-0.3, -0.25) is 10.1 Å².